The molecule has 0 aliphatic rings. The summed E-state index contributed by atoms with van der Waals surface area (Å²) in [6, 6.07) is 3.32. The molecule has 1 atom stereocenters. The van der Waals surface area contributed by atoms with Crippen LogP contribution in [0.25, 0.3) is 0 Å². The smallest absolute Gasteiger partial charge is 0.0596 e. The summed E-state index contributed by atoms with van der Waals surface area (Å²) in [4.78, 5) is 0. The summed E-state index contributed by atoms with van der Waals surface area (Å²) >= 11 is 0. The van der Waals surface area contributed by atoms with Gasteiger partial charge >= 0.3 is 0 Å². The monoisotopic (exact) mass is 237 g/mol. The van der Waals surface area contributed by atoms with Gasteiger partial charge in [0.05, 0.1) is 5.69 Å². The normalized spacial score (nSPS) is 13.3. The summed E-state index contributed by atoms with van der Waals surface area (Å²) in [5.41, 5.74) is 2.44. The van der Waals surface area contributed by atoms with Gasteiger partial charge in [-0.05, 0) is 19.4 Å². The van der Waals surface area contributed by atoms with E-state index in [1.165, 1.54) is 25.0 Å². The van der Waals surface area contributed by atoms with Gasteiger partial charge in [0.2, 0.25) is 0 Å². The Balaban J connectivity index is 2.61. The predicted molar refractivity (Wildman–Crippen MR) is 73.2 cm³/mol. The molecule has 0 radical (unpaired) electrons. The molecule has 0 aliphatic heterocycles. The second-order valence-electron chi connectivity index (χ2n) is 5.27. The van der Waals surface area contributed by atoms with Crippen molar-refractivity contribution >= 4 is 0 Å². The number of nitrogens with one attached hydrogen (secondary N) is 1. The zero-order valence-corrected chi connectivity index (χ0v) is 12.0. The van der Waals surface area contributed by atoms with E-state index in [0.29, 0.717) is 12.1 Å². The first-order valence-electron chi connectivity index (χ1n) is 6.78. The Bertz CT molecular complexity index is 328. The van der Waals surface area contributed by atoms with Gasteiger partial charge in [-0.25, -0.2) is 0 Å². The summed E-state index contributed by atoms with van der Waals surface area (Å²) in [5.74, 6) is 0. The van der Waals surface area contributed by atoms with Gasteiger partial charge in [0.15, 0.2) is 0 Å². The van der Waals surface area contributed by atoms with Crippen LogP contribution in [0.5, 0.6) is 0 Å². The van der Waals surface area contributed by atoms with Crippen molar-refractivity contribution in [2.75, 3.05) is 0 Å². The van der Waals surface area contributed by atoms with Crippen LogP contribution < -0.4 is 5.32 Å². The van der Waals surface area contributed by atoms with E-state index in [2.05, 4.69) is 44.2 Å². The highest BCUT2D eigenvalue weighted by atomic mass is 15.3. The van der Waals surface area contributed by atoms with Gasteiger partial charge in [-0.1, -0.05) is 33.6 Å². The molecule has 0 amide bonds. The molecule has 1 rings (SSSR count). The minimum absolute atomic E-state index is 0.547. The molecule has 0 spiro atoms. The lowest BCUT2D eigenvalue weighted by Crippen LogP contribution is -2.36. The molecular formula is C14H27N3. The quantitative estimate of drug-likeness (QED) is 0.790. The lowest BCUT2D eigenvalue weighted by atomic mass is 10.0. The topological polar surface area (TPSA) is 29.9 Å². The van der Waals surface area contributed by atoms with Gasteiger partial charge in [0.25, 0.3) is 0 Å². The van der Waals surface area contributed by atoms with Crippen LogP contribution >= 0.6 is 0 Å². The van der Waals surface area contributed by atoms with Crippen LogP contribution in [0.3, 0.4) is 0 Å². The van der Waals surface area contributed by atoms with E-state index in [1.54, 1.807) is 0 Å². The van der Waals surface area contributed by atoms with Crippen LogP contribution in [0, 0.1) is 6.92 Å². The van der Waals surface area contributed by atoms with Crippen molar-refractivity contribution < 1.29 is 0 Å². The molecule has 1 aromatic rings. The van der Waals surface area contributed by atoms with Crippen LogP contribution in [0.1, 0.15) is 51.4 Å². The second kappa shape index (κ2) is 6.80. The van der Waals surface area contributed by atoms with Crippen LogP contribution in [0.4, 0.5) is 0 Å². The largest absolute Gasteiger partial charge is 0.311 e. The van der Waals surface area contributed by atoms with E-state index >= 15 is 0 Å². The van der Waals surface area contributed by atoms with Crippen LogP contribution in [-0.2, 0) is 13.5 Å². The van der Waals surface area contributed by atoms with Gasteiger partial charge in [0.1, 0.15) is 0 Å². The van der Waals surface area contributed by atoms with Gasteiger partial charge in [-0.3, -0.25) is 4.68 Å². The first-order chi connectivity index (χ1) is 8.02. The van der Waals surface area contributed by atoms with Crippen molar-refractivity contribution in [3.05, 3.63) is 17.5 Å². The standard InChI is InChI=1S/C14H27N3/c1-6-7-8-13(15-11(2)3)10-14-9-12(4)16-17(14)5/h9,11,13,15H,6-8,10H2,1-5H3. The number of aromatic nitrogens is 2. The first-order valence-corrected chi connectivity index (χ1v) is 6.78. The molecule has 1 heterocycles. The van der Waals surface area contributed by atoms with Crippen molar-refractivity contribution in [1.82, 2.24) is 15.1 Å². The molecule has 17 heavy (non-hydrogen) atoms. The lowest BCUT2D eigenvalue weighted by molar-refractivity contribution is 0.417. The minimum Gasteiger partial charge on any atom is -0.311 e. The third-order valence-corrected chi connectivity index (χ3v) is 3.03. The average Bonchev–Trinajstić information content (AvgIpc) is 2.53. The van der Waals surface area contributed by atoms with Gasteiger partial charge in [-0.2, -0.15) is 5.10 Å². The Labute approximate surface area is 106 Å². The van der Waals surface area contributed by atoms with Crippen molar-refractivity contribution in [1.29, 1.82) is 0 Å². The highest BCUT2D eigenvalue weighted by Gasteiger charge is 2.13. The van der Waals surface area contributed by atoms with Gasteiger partial charge in [-0.15, -0.1) is 0 Å². The lowest BCUT2D eigenvalue weighted by Gasteiger charge is -2.21. The van der Waals surface area contributed by atoms with E-state index in [0.717, 1.165) is 12.1 Å². The molecule has 1 N–H and O–H groups in total. The average molecular weight is 237 g/mol. The van der Waals surface area contributed by atoms with E-state index in [-0.39, 0.29) is 0 Å². The third kappa shape index (κ3) is 4.90. The molecule has 3 heteroatoms. The number of hydrogen-bond donors (Lipinski definition) is 1. The molecule has 0 aromatic carbocycles. The Morgan fingerprint density at radius 2 is 2.12 bits per heavy atom. The molecule has 98 valence electrons. The Morgan fingerprint density at radius 1 is 1.41 bits per heavy atom. The number of unbranched alkanes of at least 4 members (excludes halogenated alkanes) is 1. The summed E-state index contributed by atoms with van der Waals surface area (Å²) in [6.07, 6.45) is 4.89. The predicted octanol–water partition coefficient (Wildman–Crippen LogP) is 2.83. The zero-order valence-electron chi connectivity index (χ0n) is 12.0. The second-order valence-corrected chi connectivity index (χ2v) is 5.27. The van der Waals surface area contributed by atoms with Crippen LogP contribution in [-0.4, -0.2) is 21.9 Å². The highest BCUT2D eigenvalue weighted by molar-refractivity contribution is 5.10. The van der Waals surface area contributed by atoms with Crippen molar-refractivity contribution in [2.24, 2.45) is 7.05 Å². The fraction of sp³-hybridized carbons (Fsp3) is 0.786. The van der Waals surface area contributed by atoms with Gasteiger partial charge in [0, 0.05) is 31.2 Å². The van der Waals surface area contributed by atoms with Crippen LogP contribution in [0.15, 0.2) is 6.07 Å². The molecular weight excluding hydrogens is 210 g/mol. The summed E-state index contributed by atoms with van der Waals surface area (Å²) in [6.45, 7) is 8.74. The first kappa shape index (κ1) is 14.2. The van der Waals surface area contributed by atoms with E-state index in [1.807, 2.05) is 11.7 Å². The fourth-order valence-electron chi connectivity index (χ4n) is 2.27. The summed E-state index contributed by atoms with van der Waals surface area (Å²) in [7, 11) is 2.04. The molecule has 0 bridgehead atoms. The number of nitrogens with zero attached hydrogens (tertiary/aromatic N) is 2. The molecule has 0 fully saturated rings. The zero-order chi connectivity index (χ0) is 12.8. The number of aryl methyl sites for hydroxylation is 2. The van der Waals surface area contributed by atoms with E-state index in [4.69, 9.17) is 0 Å². The molecule has 1 aromatic heterocycles. The maximum Gasteiger partial charge on any atom is 0.0596 e. The molecule has 0 aliphatic carbocycles. The summed E-state index contributed by atoms with van der Waals surface area (Å²) in [5, 5.41) is 8.07. The fourth-order valence-corrected chi connectivity index (χ4v) is 2.27. The van der Waals surface area contributed by atoms with Crippen molar-refractivity contribution in [3.8, 4) is 0 Å². The van der Waals surface area contributed by atoms with E-state index < -0.39 is 0 Å². The summed E-state index contributed by atoms with van der Waals surface area (Å²) < 4.78 is 2.01. The Morgan fingerprint density at radius 3 is 2.59 bits per heavy atom. The molecule has 0 saturated heterocycles. The third-order valence-electron chi connectivity index (χ3n) is 3.03. The molecule has 0 saturated carbocycles. The molecule has 1 unspecified atom stereocenters. The molecule has 3 nitrogen and oxygen atoms in total. The van der Waals surface area contributed by atoms with Crippen molar-refractivity contribution in [2.45, 2.75) is 65.5 Å². The minimum atomic E-state index is 0.547. The van der Waals surface area contributed by atoms with Crippen molar-refractivity contribution in [3.63, 3.8) is 0 Å². The highest BCUT2D eigenvalue weighted by Crippen LogP contribution is 2.10. The Hall–Kier alpha value is -0.830. The van der Waals surface area contributed by atoms with E-state index in [9.17, 15) is 0 Å². The number of rotatable bonds is 7. The Kier molecular flexibility index (Phi) is 5.69. The maximum absolute atomic E-state index is 4.41. The number of hydrogen-bond acceptors (Lipinski definition) is 2. The van der Waals surface area contributed by atoms with Crippen LogP contribution in [0.2, 0.25) is 0 Å². The van der Waals surface area contributed by atoms with Gasteiger partial charge < -0.3 is 5.32 Å². The maximum atomic E-state index is 4.41. The SMILES string of the molecule is CCCCC(Cc1cc(C)nn1C)NC(C)C.